The smallest absolute Gasteiger partial charge is 0.330 e. The Morgan fingerprint density at radius 3 is 1.94 bits per heavy atom. The fraction of sp³-hybridized carbons (Fsp3) is 0.304. The number of halogens is 2. The van der Waals surface area contributed by atoms with Crippen LogP contribution in [0.25, 0.3) is 0 Å². The average molecular weight is 490 g/mol. The number of aliphatic hydroxyl groups is 1. The highest BCUT2D eigenvalue weighted by molar-refractivity contribution is 6.20. The number of carboxylic acids is 1. The van der Waals surface area contributed by atoms with Crippen LogP contribution in [0, 0.1) is 11.6 Å². The van der Waals surface area contributed by atoms with Gasteiger partial charge in [-0.15, -0.1) is 0 Å². The van der Waals surface area contributed by atoms with E-state index in [1.807, 2.05) is 0 Å². The van der Waals surface area contributed by atoms with Gasteiger partial charge in [0.2, 0.25) is 5.91 Å². The Balaban J connectivity index is 2.00. The molecule has 186 valence electrons. The number of rotatable bonds is 7. The van der Waals surface area contributed by atoms with Gasteiger partial charge in [0, 0.05) is 20.2 Å². The highest BCUT2D eigenvalue weighted by Crippen LogP contribution is 2.31. The van der Waals surface area contributed by atoms with Crippen molar-refractivity contribution in [1.29, 1.82) is 0 Å². The van der Waals surface area contributed by atoms with E-state index in [9.17, 15) is 38.2 Å². The van der Waals surface area contributed by atoms with Crippen molar-refractivity contribution >= 4 is 35.1 Å². The summed E-state index contributed by atoms with van der Waals surface area (Å²) in [6.45, 7) is 1.10. The van der Waals surface area contributed by atoms with Crippen LogP contribution < -0.4 is 15.2 Å². The van der Waals surface area contributed by atoms with Gasteiger partial charge >= 0.3 is 5.97 Å². The van der Waals surface area contributed by atoms with Crippen molar-refractivity contribution in [3.63, 3.8) is 0 Å². The third-order valence-electron chi connectivity index (χ3n) is 5.56. The van der Waals surface area contributed by atoms with Crippen molar-refractivity contribution in [2.24, 2.45) is 0 Å². The van der Waals surface area contributed by atoms with Gasteiger partial charge in [0.25, 0.3) is 11.8 Å². The monoisotopic (exact) mass is 490 g/mol. The molecule has 1 aliphatic heterocycles. The van der Waals surface area contributed by atoms with Crippen LogP contribution in [0.15, 0.2) is 42.5 Å². The van der Waals surface area contributed by atoms with Gasteiger partial charge in [-0.05, 0) is 36.8 Å². The van der Waals surface area contributed by atoms with Gasteiger partial charge in [-0.2, -0.15) is 0 Å². The summed E-state index contributed by atoms with van der Waals surface area (Å²) in [5, 5.41) is 20.2. The number of carboxylic acid groups (broad SMARTS) is 1. The van der Waals surface area contributed by atoms with Crippen LogP contribution in [0.1, 0.15) is 12.5 Å². The molecular weight excluding hydrogens is 466 g/mol. The van der Waals surface area contributed by atoms with Crippen molar-refractivity contribution < 1.29 is 38.2 Å². The third kappa shape index (κ3) is 5.28. The molecule has 0 unspecified atom stereocenters. The lowest BCUT2D eigenvalue weighted by Gasteiger charge is -2.34. The number of para-hydroxylation sites is 2. The summed E-state index contributed by atoms with van der Waals surface area (Å²) in [4.78, 5) is 53.8. The van der Waals surface area contributed by atoms with E-state index in [1.54, 1.807) is 24.3 Å². The summed E-state index contributed by atoms with van der Waals surface area (Å²) in [7, 11) is 2.82. The molecule has 10 nitrogen and oxygen atoms in total. The molecule has 3 N–H and O–H groups in total. The molecule has 2 aromatic carbocycles. The number of carbonyl (C=O) groups excluding carboxylic acids is 3. The van der Waals surface area contributed by atoms with Gasteiger partial charge in [0.05, 0.1) is 23.9 Å². The number of aliphatic carboxylic acids is 1. The van der Waals surface area contributed by atoms with Crippen molar-refractivity contribution in [1.82, 2.24) is 10.4 Å². The van der Waals surface area contributed by atoms with Gasteiger partial charge in [0.1, 0.15) is 11.6 Å². The lowest BCUT2D eigenvalue weighted by atomic mass is 10.1. The fourth-order valence-corrected chi connectivity index (χ4v) is 3.82. The van der Waals surface area contributed by atoms with Crippen LogP contribution in [0.2, 0.25) is 0 Å². The Labute approximate surface area is 199 Å². The highest BCUT2D eigenvalue weighted by atomic mass is 19.1. The standard InChI is InChI=1S/C23H24F2N4O6/c1-12(30)20(23(34)35)29(18(31)10-13-8-14(24)11-15(25)9-13)26-19-21(32)27(2)16-6-4-5-7-17(16)28(3)22(19)33/h4-9,11-12,19-20,26,30H,10H2,1-3H3,(H,34,35)/t12-,20+/m1/s1. The van der Waals surface area contributed by atoms with Gasteiger partial charge < -0.3 is 20.0 Å². The zero-order valence-electron chi connectivity index (χ0n) is 19.1. The maximum Gasteiger partial charge on any atom is 0.330 e. The number of nitrogens with one attached hydrogen (secondary N) is 1. The van der Waals surface area contributed by atoms with Crippen molar-refractivity contribution in [2.45, 2.75) is 31.5 Å². The number of fused-ring (bicyclic) bond motifs is 1. The molecule has 35 heavy (non-hydrogen) atoms. The first-order valence-electron chi connectivity index (χ1n) is 10.5. The van der Waals surface area contributed by atoms with Crippen molar-refractivity contribution in [2.75, 3.05) is 23.9 Å². The summed E-state index contributed by atoms with van der Waals surface area (Å²) in [5.74, 6) is -6.17. The Hall–Kier alpha value is -3.90. The zero-order chi connectivity index (χ0) is 26.0. The SMILES string of the molecule is C[C@@H](O)[C@@H](C(=O)O)N(NC1C(=O)N(C)c2ccccc2N(C)C1=O)C(=O)Cc1cc(F)cc(F)c1. The predicted molar refractivity (Wildman–Crippen MR) is 120 cm³/mol. The normalized spacial score (nSPS) is 15.9. The summed E-state index contributed by atoms with van der Waals surface area (Å²) < 4.78 is 27.2. The molecule has 0 bridgehead atoms. The van der Waals surface area contributed by atoms with Crippen molar-refractivity contribution in [3.05, 3.63) is 59.7 Å². The lowest BCUT2D eigenvalue weighted by Crippen LogP contribution is -2.65. The van der Waals surface area contributed by atoms with E-state index < -0.39 is 59.9 Å². The maximum atomic E-state index is 13.6. The van der Waals surface area contributed by atoms with Crippen molar-refractivity contribution in [3.8, 4) is 0 Å². The first-order chi connectivity index (χ1) is 16.4. The summed E-state index contributed by atoms with van der Waals surface area (Å²) >= 11 is 0. The molecule has 1 aliphatic rings. The molecule has 12 heteroatoms. The van der Waals surface area contributed by atoms with E-state index in [4.69, 9.17) is 0 Å². The number of benzene rings is 2. The molecule has 0 saturated carbocycles. The van der Waals surface area contributed by atoms with E-state index in [0.717, 1.165) is 19.1 Å². The van der Waals surface area contributed by atoms with E-state index in [2.05, 4.69) is 5.43 Å². The van der Waals surface area contributed by atoms with Crippen LogP contribution in [-0.2, 0) is 25.6 Å². The fourth-order valence-electron chi connectivity index (χ4n) is 3.82. The van der Waals surface area contributed by atoms with Crippen LogP contribution in [-0.4, -0.2) is 71.2 Å². The predicted octanol–water partition coefficient (Wildman–Crippen LogP) is 0.683. The summed E-state index contributed by atoms with van der Waals surface area (Å²) in [5.41, 5.74) is 3.06. The minimum Gasteiger partial charge on any atom is -0.480 e. The number of likely N-dealkylation sites (N-methyl/N-ethyl adjacent to an activating group) is 2. The maximum absolute atomic E-state index is 13.6. The second kappa shape index (κ2) is 10.2. The van der Waals surface area contributed by atoms with Gasteiger partial charge in [-0.25, -0.2) is 19.0 Å². The first-order valence-corrected chi connectivity index (χ1v) is 10.5. The van der Waals surface area contributed by atoms with Gasteiger partial charge in [0.15, 0.2) is 12.1 Å². The number of anilines is 2. The molecular formula is C23H24F2N4O6. The Kier molecular flexibility index (Phi) is 7.46. The Morgan fingerprint density at radius 1 is 1.03 bits per heavy atom. The van der Waals surface area contributed by atoms with E-state index in [-0.39, 0.29) is 5.56 Å². The molecule has 0 aliphatic carbocycles. The molecule has 0 saturated heterocycles. The molecule has 2 atom stereocenters. The van der Waals surface area contributed by atoms with Crippen LogP contribution in [0.3, 0.4) is 0 Å². The largest absolute Gasteiger partial charge is 0.480 e. The number of hydrazine groups is 1. The average Bonchev–Trinajstić information content (AvgIpc) is 2.83. The number of nitrogens with zero attached hydrogens (tertiary/aromatic N) is 3. The molecule has 3 rings (SSSR count). The quantitative estimate of drug-likeness (QED) is 0.384. The molecule has 3 amide bonds. The van der Waals surface area contributed by atoms with Crippen LogP contribution >= 0.6 is 0 Å². The number of aliphatic hydroxyl groups excluding tert-OH is 1. The second-order valence-electron chi connectivity index (χ2n) is 8.09. The van der Waals surface area contributed by atoms with Gasteiger partial charge in [-0.3, -0.25) is 19.4 Å². The summed E-state index contributed by atoms with van der Waals surface area (Å²) in [6.07, 6.45) is -2.32. The molecule has 1 heterocycles. The van der Waals surface area contributed by atoms with Crippen LogP contribution in [0.5, 0.6) is 0 Å². The number of carbonyl (C=O) groups is 4. The summed E-state index contributed by atoms with van der Waals surface area (Å²) in [6, 6.07) is 5.25. The second-order valence-corrected chi connectivity index (χ2v) is 8.09. The number of amides is 3. The van der Waals surface area contributed by atoms with Gasteiger partial charge in [-0.1, -0.05) is 12.1 Å². The third-order valence-corrected chi connectivity index (χ3v) is 5.56. The number of hydrogen-bond acceptors (Lipinski definition) is 6. The van der Waals surface area contributed by atoms with E-state index in [1.165, 1.54) is 23.9 Å². The number of hydrogen-bond donors (Lipinski definition) is 3. The van der Waals surface area contributed by atoms with Crippen LogP contribution in [0.4, 0.5) is 20.2 Å². The van der Waals surface area contributed by atoms with E-state index in [0.29, 0.717) is 22.5 Å². The Bertz CT molecular complexity index is 1110. The molecule has 0 fully saturated rings. The molecule has 0 radical (unpaired) electrons. The van der Waals surface area contributed by atoms with E-state index >= 15 is 0 Å². The zero-order valence-corrected chi connectivity index (χ0v) is 19.1. The minimum absolute atomic E-state index is 0.116. The lowest BCUT2D eigenvalue weighted by molar-refractivity contribution is -0.160. The topological polar surface area (TPSA) is 130 Å². The Morgan fingerprint density at radius 2 is 1.51 bits per heavy atom. The molecule has 0 aromatic heterocycles. The molecule has 0 spiro atoms. The highest BCUT2D eigenvalue weighted by Gasteiger charge is 2.42. The molecule has 2 aromatic rings. The minimum atomic E-state index is -1.93. The first kappa shape index (κ1) is 25.7.